The van der Waals surface area contributed by atoms with Crippen LogP contribution in [0, 0.1) is 18.6 Å². The molecule has 0 aromatic heterocycles. The Bertz CT molecular complexity index is 1020. The second-order valence-electron chi connectivity index (χ2n) is 6.39. The third-order valence-electron chi connectivity index (χ3n) is 4.37. The van der Waals surface area contributed by atoms with Crippen LogP contribution >= 0.6 is 0 Å². The van der Waals surface area contributed by atoms with Crippen LogP contribution in [-0.2, 0) is 11.3 Å². The third kappa shape index (κ3) is 4.73. The first-order chi connectivity index (χ1) is 14.3. The van der Waals surface area contributed by atoms with Crippen LogP contribution in [0.2, 0.25) is 0 Å². The third-order valence-corrected chi connectivity index (χ3v) is 4.37. The van der Waals surface area contributed by atoms with Gasteiger partial charge in [-0.25, -0.2) is 13.8 Å². The first kappa shape index (κ1) is 21.2. The van der Waals surface area contributed by atoms with Crippen molar-refractivity contribution in [3.63, 3.8) is 0 Å². The summed E-state index contributed by atoms with van der Waals surface area (Å²) in [5.74, 6) is -1.22. The fraction of sp³-hybridized carbons (Fsp3) is 0.190. The molecule has 0 bridgehead atoms. The van der Waals surface area contributed by atoms with Crippen molar-refractivity contribution in [3.8, 4) is 5.75 Å². The molecule has 3 rings (SSSR count). The molecule has 0 spiro atoms. The van der Waals surface area contributed by atoms with Crippen molar-refractivity contribution in [3.05, 3.63) is 83.4 Å². The minimum Gasteiger partial charge on any atom is -0.493 e. The van der Waals surface area contributed by atoms with Gasteiger partial charge in [-0.05, 0) is 36.8 Å². The number of guanidine groups is 1. The molecule has 1 heterocycles. The predicted octanol–water partition coefficient (Wildman–Crippen LogP) is 5.16. The lowest BCUT2D eigenvalue weighted by Crippen LogP contribution is -2.35. The fourth-order valence-electron chi connectivity index (χ4n) is 2.84. The number of nitrogens with zero attached hydrogens (tertiary/aromatic N) is 2. The lowest BCUT2D eigenvalue weighted by Gasteiger charge is -2.28. The summed E-state index contributed by atoms with van der Waals surface area (Å²) in [6.07, 6.45) is 1.60. The van der Waals surface area contributed by atoms with E-state index in [1.807, 2.05) is 0 Å². The quantitative estimate of drug-likeness (QED) is 0.655. The number of hydrogen-bond acceptors (Lipinski definition) is 5. The molecule has 0 aliphatic carbocycles. The zero-order chi connectivity index (χ0) is 21.8. The van der Waals surface area contributed by atoms with Crippen molar-refractivity contribution in [1.82, 2.24) is 4.90 Å². The van der Waals surface area contributed by atoms with Gasteiger partial charge in [0.1, 0.15) is 11.4 Å². The van der Waals surface area contributed by atoms with Crippen LogP contribution in [0.25, 0.3) is 0 Å². The highest BCUT2D eigenvalue weighted by Gasteiger charge is 2.21. The van der Waals surface area contributed by atoms with Gasteiger partial charge in [-0.2, -0.15) is 8.78 Å². The molecule has 0 fully saturated rings. The molecule has 1 aliphatic heterocycles. The lowest BCUT2D eigenvalue weighted by molar-refractivity contribution is -0.0502. The molecule has 1 N–H and O–H groups in total. The van der Waals surface area contributed by atoms with E-state index < -0.39 is 18.2 Å². The van der Waals surface area contributed by atoms with Gasteiger partial charge in [0.25, 0.3) is 0 Å². The minimum absolute atomic E-state index is 0.0190. The van der Waals surface area contributed by atoms with Gasteiger partial charge < -0.3 is 19.7 Å². The maximum absolute atomic E-state index is 13.6. The van der Waals surface area contributed by atoms with E-state index in [0.29, 0.717) is 34.2 Å². The number of ether oxygens (including phenoxy) is 2. The normalized spacial score (nSPS) is 13.8. The molecule has 158 valence electrons. The van der Waals surface area contributed by atoms with E-state index in [1.165, 1.54) is 19.2 Å². The van der Waals surface area contributed by atoms with E-state index in [1.54, 1.807) is 30.2 Å². The molecule has 5 nitrogen and oxygen atoms in total. The summed E-state index contributed by atoms with van der Waals surface area (Å²) in [6, 6.07) is 8.22. The second-order valence-corrected chi connectivity index (χ2v) is 6.39. The van der Waals surface area contributed by atoms with Crippen molar-refractivity contribution >= 4 is 11.6 Å². The van der Waals surface area contributed by atoms with Crippen LogP contribution in [-0.4, -0.2) is 24.6 Å². The average molecular weight is 421 g/mol. The molecule has 0 radical (unpaired) electrons. The van der Waals surface area contributed by atoms with Crippen LogP contribution in [0.15, 0.2) is 65.6 Å². The Kier molecular flexibility index (Phi) is 6.29. The van der Waals surface area contributed by atoms with Crippen LogP contribution in [0.3, 0.4) is 0 Å². The highest BCUT2D eigenvalue weighted by atomic mass is 19.3. The first-order valence-electron chi connectivity index (χ1n) is 8.84. The van der Waals surface area contributed by atoms with Gasteiger partial charge in [-0.15, -0.1) is 0 Å². The predicted molar refractivity (Wildman–Crippen MR) is 105 cm³/mol. The molecular weight excluding hydrogens is 402 g/mol. The molecule has 1 aliphatic rings. The number of aliphatic imine (C=N–C) groups is 1. The molecule has 30 heavy (non-hydrogen) atoms. The van der Waals surface area contributed by atoms with E-state index in [2.05, 4.69) is 21.6 Å². The van der Waals surface area contributed by atoms with E-state index in [4.69, 9.17) is 4.74 Å². The number of nitrogens with one attached hydrogen (secondary N) is 1. The first-order valence-corrected chi connectivity index (χ1v) is 8.84. The molecule has 0 unspecified atom stereocenters. The molecule has 0 atom stereocenters. The Morgan fingerprint density at radius 1 is 1.17 bits per heavy atom. The van der Waals surface area contributed by atoms with Crippen LogP contribution in [0.1, 0.15) is 11.1 Å². The molecule has 9 heteroatoms. The summed E-state index contributed by atoms with van der Waals surface area (Å²) >= 11 is 0. The summed E-state index contributed by atoms with van der Waals surface area (Å²) in [6.45, 7) is 2.62. The Labute approximate surface area is 170 Å². The number of anilines is 1. The largest absolute Gasteiger partial charge is 0.493 e. The Morgan fingerprint density at radius 2 is 1.93 bits per heavy atom. The van der Waals surface area contributed by atoms with Crippen molar-refractivity contribution < 1.29 is 27.0 Å². The number of benzene rings is 2. The minimum atomic E-state index is -2.96. The molecule has 0 amide bonds. The van der Waals surface area contributed by atoms with Crippen LogP contribution in [0.5, 0.6) is 5.75 Å². The number of methoxy groups -OCH3 is 1. The molecule has 0 saturated carbocycles. The zero-order valence-corrected chi connectivity index (χ0v) is 16.3. The molecule has 2 aromatic carbocycles. The van der Waals surface area contributed by atoms with Gasteiger partial charge in [0.05, 0.1) is 19.9 Å². The highest BCUT2D eigenvalue weighted by molar-refractivity contribution is 5.96. The molecular formula is C21H19F4N3O2. The van der Waals surface area contributed by atoms with E-state index >= 15 is 0 Å². The van der Waals surface area contributed by atoms with Crippen LogP contribution < -0.4 is 10.1 Å². The van der Waals surface area contributed by atoms with Gasteiger partial charge in [0.2, 0.25) is 5.96 Å². The number of hydrogen-bond donors (Lipinski definition) is 1. The van der Waals surface area contributed by atoms with Crippen LogP contribution in [0.4, 0.5) is 23.2 Å². The van der Waals surface area contributed by atoms with E-state index in [0.717, 1.165) is 12.1 Å². The van der Waals surface area contributed by atoms with Crippen molar-refractivity contribution in [2.75, 3.05) is 12.4 Å². The fourth-order valence-corrected chi connectivity index (χ4v) is 2.84. The lowest BCUT2D eigenvalue weighted by atomic mass is 10.1. The Balaban J connectivity index is 1.91. The molecule has 2 aromatic rings. The SMILES string of the molecule is C=C1N=C(Nc2cccc(OC(F)F)c2C)N(Cc2ccc(F)c(F)c2)C=C1OC. The Morgan fingerprint density at radius 3 is 2.60 bits per heavy atom. The standard InChI is InChI=1S/C21H19F4N3O2/c1-12-17(5-4-6-18(12)30-20(24)25)27-21-26-13(2)19(29-3)11-28(21)10-14-7-8-15(22)16(23)9-14/h4-9,11,20H,2,10H2,1,3H3,(H,26,27). The van der Waals surface area contributed by atoms with E-state index in [-0.39, 0.29) is 12.3 Å². The summed E-state index contributed by atoms with van der Waals surface area (Å²) in [4.78, 5) is 5.98. The smallest absolute Gasteiger partial charge is 0.387 e. The van der Waals surface area contributed by atoms with Gasteiger partial charge in [0.15, 0.2) is 17.4 Å². The highest BCUT2D eigenvalue weighted by Crippen LogP contribution is 2.28. The average Bonchev–Trinajstić information content (AvgIpc) is 2.69. The monoisotopic (exact) mass is 421 g/mol. The summed E-state index contributed by atoms with van der Waals surface area (Å²) in [7, 11) is 1.45. The maximum atomic E-state index is 13.6. The summed E-state index contributed by atoms with van der Waals surface area (Å²) in [5.41, 5.74) is 1.73. The maximum Gasteiger partial charge on any atom is 0.387 e. The van der Waals surface area contributed by atoms with Gasteiger partial charge in [-0.1, -0.05) is 18.7 Å². The van der Waals surface area contributed by atoms with Crippen molar-refractivity contribution in [2.45, 2.75) is 20.1 Å². The Hall–Kier alpha value is -3.49. The van der Waals surface area contributed by atoms with Crippen molar-refractivity contribution in [1.29, 1.82) is 0 Å². The number of rotatable bonds is 6. The molecule has 0 saturated heterocycles. The zero-order valence-electron chi connectivity index (χ0n) is 16.3. The van der Waals surface area contributed by atoms with Gasteiger partial charge in [-0.3, -0.25) is 0 Å². The number of alkyl halides is 2. The number of halogens is 4. The van der Waals surface area contributed by atoms with Gasteiger partial charge >= 0.3 is 6.61 Å². The van der Waals surface area contributed by atoms with Crippen molar-refractivity contribution in [2.24, 2.45) is 4.99 Å². The summed E-state index contributed by atoms with van der Waals surface area (Å²) < 4.78 is 61.9. The van der Waals surface area contributed by atoms with Gasteiger partial charge in [0, 0.05) is 11.3 Å². The topological polar surface area (TPSA) is 46.1 Å². The van der Waals surface area contributed by atoms with E-state index in [9.17, 15) is 17.6 Å². The second kappa shape index (κ2) is 8.89. The summed E-state index contributed by atoms with van der Waals surface area (Å²) in [5, 5.41) is 3.06.